The van der Waals surface area contributed by atoms with E-state index in [9.17, 15) is 4.79 Å². The largest absolute Gasteiger partial charge is 0.391 e. The Bertz CT molecular complexity index is 374. The molecule has 1 aromatic heterocycles. The number of nitrogens with two attached hydrogens (primary N) is 1. The second kappa shape index (κ2) is 6.15. The molecule has 0 bridgehead atoms. The second-order valence-corrected chi connectivity index (χ2v) is 4.04. The number of H-pyrrole nitrogens is 1. The van der Waals surface area contributed by atoms with Crippen molar-refractivity contribution in [3.8, 4) is 0 Å². The van der Waals surface area contributed by atoms with Gasteiger partial charge in [-0.15, -0.1) is 0 Å². The van der Waals surface area contributed by atoms with Gasteiger partial charge >= 0.3 is 0 Å². The average molecular weight is 224 g/mol. The standard InChI is InChI=1S/C11H20N4O/c1-3-4-5-6-8(2)15-10-9(12)11(16)14-7-13-10/h7-8H,3-6,12H2,1-2H3,(H2,13,14,15,16). The van der Waals surface area contributed by atoms with Crippen molar-refractivity contribution in [3.63, 3.8) is 0 Å². The highest BCUT2D eigenvalue weighted by Crippen LogP contribution is 2.12. The Labute approximate surface area is 95.5 Å². The van der Waals surface area contributed by atoms with Crippen LogP contribution in [0.3, 0.4) is 0 Å². The molecule has 0 radical (unpaired) electrons. The highest BCUT2D eigenvalue weighted by Gasteiger charge is 2.07. The van der Waals surface area contributed by atoms with E-state index in [4.69, 9.17) is 5.73 Å². The Morgan fingerprint density at radius 2 is 2.31 bits per heavy atom. The van der Waals surface area contributed by atoms with Gasteiger partial charge in [-0.1, -0.05) is 26.2 Å². The summed E-state index contributed by atoms with van der Waals surface area (Å²) in [7, 11) is 0. The quantitative estimate of drug-likeness (QED) is 0.642. The number of aromatic amines is 1. The van der Waals surface area contributed by atoms with E-state index in [0.717, 1.165) is 6.42 Å². The van der Waals surface area contributed by atoms with Gasteiger partial charge in [0, 0.05) is 6.04 Å². The van der Waals surface area contributed by atoms with Gasteiger partial charge in [-0.25, -0.2) is 4.98 Å². The zero-order valence-corrected chi connectivity index (χ0v) is 9.92. The van der Waals surface area contributed by atoms with Gasteiger partial charge in [0.05, 0.1) is 6.33 Å². The molecule has 0 aromatic carbocycles. The third kappa shape index (κ3) is 3.56. The lowest BCUT2D eigenvalue weighted by Crippen LogP contribution is -2.21. The highest BCUT2D eigenvalue weighted by atomic mass is 16.1. The number of unbranched alkanes of at least 4 members (excludes halogenated alkanes) is 2. The fourth-order valence-electron chi connectivity index (χ4n) is 1.53. The molecule has 1 heterocycles. The molecule has 16 heavy (non-hydrogen) atoms. The monoisotopic (exact) mass is 224 g/mol. The fourth-order valence-corrected chi connectivity index (χ4v) is 1.53. The van der Waals surface area contributed by atoms with Gasteiger partial charge in [0.1, 0.15) is 5.69 Å². The topological polar surface area (TPSA) is 83.8 Å². The van der Waals surface area contributed by atoms with Crippen molar-refractivity contribution in [3.05, 3.63) is 16.7 Å². The summed E-state index contributed by atoms with van der Waals surface area (Å²) in [5, 5.41) is 3.15. The number of nitrogens with zero attached hydrogens (tertiary/aromatic N) is 1. The maximum Gasteiger partial charge on any atom is 0.276 e. The maximum atomic E-state index is 11.2. The molecule has 0 amide bonds. The SMILES string of the molecule is CCCCCC(C)Nc1nc[nH]c(=O)c1N. The Morgan fingerprint density at radius 3 is 3.00 bits per heavy atom. The van der Waals surface area contributed by atoms with Gasteiger partial charge in [0.25, 0.3) is 5.56 Å². The van der Waals surface area contributed by atoms with Crippen LogP contribution in [0.1, 0.15) is 39.5 Å². The van der Waals surface area contributed by atoms with Crippen LogP contribution >= 0.6 is 0 Å². The molecule has 0 saturated carbocycles. The number of nitrogens with one attached hydrogen (secondary N) is 2. The lowest BCUT2D eigenvalue weighted by atomic mass is 10.1. The van der Waals surface area contributed by atoms with Crippen molar-refractivity contribution in [2.24, 2.45) is 0 Å². The molecule has 5 heteroatoms. The average Bonchev–Trinajstić information content (AvgIpc) is 2.25. The molecule has 0 fully saturated rings. The first-order valence-corrected chi connectivity index (χ1v) is 5.74. The van der Waals surface area contributed by atoms with Crippen LogP contribution in [-0.2, 0) is 0 Å². The predicted molar refractivity (Wildman–Crippen MR) is 66.5 cm³/mol. The van der Waals surface area contributed by atoms with E-state index >= 15 is 0 Å². The summed E-state index contributed by atoms with van der Waals surface area (Å²) in [6.07, 6.45) is 6.03. The van der Waals surface area contributed by atoms with Gasteiger partial charge in [-0.3, -0.25) is 4.79 Å². The van der Waals surface area contributed by atoms with E-state index in [0.29, 0.717) is 5.82 Å². The first-order valence-electron chi connectivity index (χ1n) is 5.74. The lowest BCUT2D eigenvalue weighted by molar-refractivity contribution is 0.614. The summed E-state index contributed by atoms with van der Waals surface area (Å²) in [6.45, 7) is 4.24. The van der Waals surface area contributed by atoms with Gasteiger partial charge < -0.3 is 16.0 Å². The van der Waals surface area contributed by atoms with Crippen LogP contribution in [0.5, 0.6) is 0 Å². The van der Waals surface area contributed by atoms with Crippen LogP contribution in [-0.4, -0.2) is 16.0 Å². The minimum Gasteiger partial charge on any atom is -0.391 e. The molecule has 90 valence electrons. The molecule has 0 spiro atoms. The molecule has 0 saturated heterocycles. The van der Waals surface area contributed by atoms with Crippen molar-refractivity contribution in [1.82, 2.24) is 9.97 Å². The fraction of sp³-hybridized carbons (Fsp3) is 0.636. The molecule has 1 atom stereocenters. The number of rotatable bonds is 6. The third-order valence-corrected chi connectivity index (χ3v) is 2.51. The molecular formula is C11H20N4O. The summed E-state index contributed by atoms with van der Waals surface area (Å²) in [5.41, 5.74) is 5.48. The normalized spacial score (nSPS) is 12.4. The van der Waals surface area contributed by atoms with Crippen LogP contribution in [0.15, 0.2) is 11.1 Å². The zero-order chi connectivity index (χ0) is 12.0. The summed E-state index contributed by atoms with van der Waals surface area (Å²) in [6, 6.07) is 0.281. The Hall–Kier alpha value is -1.52. The second-order valence-electron chi connectivity index (χ2n) is 4.04. The maximum absolute atomic E-state index is 11.2. The van der Waals surface area contributed by atoms with Gasteiger partial charge in [0.15, 0.2) is 5.82 Å². The van der Waals surface area contributed by atoms with Gasteiger partial charge in [0.2, 0.25) is 0 Å². The van der Waals surface area contributed by atoms with Crippen molar-refractivity contribution < 1.29 is 0 Å². The van der Waals surface area contributed by atoms with E-state index in [1.807, 2.05) is 0 Å². The molecule has 0 aliphatic carbocycles. The van der Waals surface area contributed by atoms with E-state index < -0.39 is 0 Å². The van der Waals surface area contributed by atoms with Crippen molar-refractivity contribution >= 4 is 11.5 Å². The van der Waals surface area contributed by atoms with Crippen molar-refractivity contribution in [2.45, 2.75) is 45.6 Å². The predicted octanol–water partition coefficient (Wildman–Crippen LogP) is 1.73. The summed E-state index contributed by atoms with van der Waals surface area (Å²) >= 11 is 0. The number of hydrogen-bond donors (Lipinski definition) is 3. The minimum absolute atomic E-state index is 0.157. The summed E-state index contributed by atoms with van der Waals surface area (Å²) in [5.74, 6) is 0.479. The number of nitrogen functional groups attached to an aromatic ring is 1. The van der Waals surface area contributed by atoms with E-state index in [-0.39, 0.29) is 17.3 Å². The van der Waals surface area contributed by atoms with E-state index in [1.54, 1.807) is 0 Å². The lowest BCUT2D eigenvalue weighted by Gasteiger charge is -2.14. The molecule has 1 aromatic rings. The Kier molecular flexibility index (Phi) is 4.82. The number of aromatic nitrogens is 2. The first-order chi connectivity index (χ1) is 7.65. The zero-order valence-electron chi connectivity index (χ0n) is 9.92. The minimum atomic E-state index is -0.293. The third-order valence-electron chi connectivity index (χ3n) is 2.51. The molecule has 4 N–H and O–H groups in total. The van der Waals surface area contributed by atoms with E-state index in [2.05, 4.69) is 29.1 Å². The molecule has 0 aliphatic rings. The number of hydrogen-bond acceptors (Lipinski definition) is 4. The molecular weight excluding hydrogens is 204 g/mol. The smallest absolute Gasteiger partial charge is 0.276 e. The highest BCUT2D eigenvalue weighted by molar-refractivity contribution is 5.59. The van der Waals surface area contributed by atoms with Crippen LogP contribution in [0.4, 0.5) is 11.5 Å². The molecule has 5 nitrogen and oxygen atoms in total. The molecule has 1 rings (SSSR count). The van der Waals surface area contributed by atoms with Crippen LogP contribution in [0.25, 0.3) is 0 Å². The summed E-state index contributed by atoms with van der Waals surface area (Å²) < 4.78 is 0. The van der Waals surface area contributed by atoms with Crippen LogP contribution in [0.2, 0.25) is 0 Å². The van der Waals surface area contributed by atoms with Crippen molar-refractivity contribution in [1.29, 1.82) is 0 Å². The first kappa shape index (κ1) is 12.5. The molecule has 0 aliphatic heterocycles. The van der Waals surface area contributed by atoms with Gasteiger partial charge in [-0.2, -0.15) is 0 Å². The summed E-state index contributed by atoms with van der Waals surface area (Å²) in [4.78, 5) is 17.7. The van der Waals surface area contributed by atoms with Gasteiger partial charge in [-0.05, 0) is 13.3 Å². The van der Waals surface area contributed by atoms with Crippen molar-refractivity contribution in [2.75, 3.05) is 11.1 Å². The Morgan fingerprint density at radius 1 is 1.56 bits per heavy atom. The van der Waals surface area contributed by atoms with Crippen LogP contribution in [0, 0.1) is 0 Å². The van der Waals surface area contributed by atoms with E-state index in [1.165, 1.54) is 25.6 Å². The number of anilines is 2. The Balaban J connectivity index is 2.52. The van der Waals surface area contributed by atoms with Crippen LogP contribution < -0.4 is 16.6 Å². The molecule has 1 unspecified atom stereocenters.